The van der Waals surface area contributed by atoms with Crippen LogP contribution in [0.2, 0.25) is 0 Å². The number of ether oxygens (including phenoxy) is 1. The maximum absolute atomic E-state index is 5.25. The number of benzene rings is 2. The molecule has 0 aliphatic rings. The predicted octanol–water partition coefficient (Wildman–Crippen LogP) is 4.42. The zero-order valence-electron chi connectivity index (χ0n) is 13.2. The Labute approximate surface area is 128 Å². The Kier molecular flexibility index (Phi) is 5.82. The molecule has 2 aromatic carbocycles. The van der Waals surface area contributed by atoms with Crippen LogP contribution in [-0.4, -0.2) is 13.7 Å². The molecule has 0 spiro atoms. The summed E-state index contributed by atoms with van der Waals surface area (Å²) in [6, 6.07) is 19.2. The van der Waals surface area contributed by atoms with Crippen LogP contribution in [0.15, 0.2) is 54.6 Å². The molecule has 2 unspecified atom stereocenters. The molecule has 112 valence electrons. The summed E-state index contributed by atoms with van der Waals surface area (Å²) in [7, 11) is 1.70. The summed E-state index contributed by atoms with van der Waals surface area (Å²) in [6.45, 7) is 5.53. The summed E-state index contributed by atoms with van der Waals surface area (Å²) in [5.41, 5.74) is 2.57. The number of hydrogen-bond acceptors (Lipinski definition) is 2. The van der Waals surface area contributed by atoms with Crippen LogP contribution in [-0.2, 0) is 0 Å². The highest BCUT2D eigenvalue weighted by Gasteiger charge is 2.14. The van der Waals surface area contributed by atoms with Gasteiger partial charge in [0, 0.05) is 0 Å². The fourth-order valence-electron chi connectivity index (χ4n) is 2.33. The highest BCUT2D eigenvalue weighted by Crippen LogP contribution is 2.24. The fraction of sp³-hybridized carbons (Fsp3) is 0.368. The van der Waals surface area contributed by atoms with Crippen molar-refractivity contribution in [1.82, 2.24) is 5.32 Å². The fourth-order valence-corrected chi connectivity index (χ4v) is 2.33. The Morgan fingerprint density at radius 2 is 1.57 bits per heavy atom. The zero-order chi connectivity index (χ0) is 15.1. The molecule has 0 saturated carbocycles. The molecule has 21 heavy (non-hydrogen) atoms. The van der Waals surface area contributed by atoms with Gasteiger partial charge in [-0.05, 0) is 35.7 Å². The Balaban J connectivity index is 2.22. The molecule has 0 fully saturated rings. The molecule has 0 aliphatic heterocycles. The van der Waals surface area contributed by atoms with Crippen molar-refractivity contribution in [3.05, 3.63) is 65.7 Å². The van der Waals surface area contributed by atoms with Gasteiger partial charge in [-0.2, -0.15) is 0 Å². The normalized spacial score (nSPS) is 13.7. The lowest BCUT2D eigenvalue weighted by atomic mass is 9.97. The van der Waals surface area contributed by atoms with Crippen LogP contribution in [0.4, 0.5) is 0 Å². The summed E-state index contributed by atoms with van der Waals surface area (Å²) < 4.78 is 5.25. The van der Waals surface area contributed by atoms with Crippen LogP contribution in [0.5, 0.6) is 5.75 Å². The number of methoxy groups -OCH3 is 1. The van der Waals surface area contributed by atoms with Crippen molar-refractivity contribution in [1.29, 1.82) is 0 Å². The van der Waals surface area contributed by atoms with Gasteiger partial charge < -0.3 is 10.1 Å². The number of hydrogen-bond donors (Lipinski definition) is 1. The van der Waals surface area contributed by atoms with Crippen molar-refractivity contribution >= 4 is 0 Å². The van der Waals surface area contributed by atoms with E-state index < -0.39 is 0 Å². The van der Waals surface area contributed by atoms with Crippen LogP contribution in [0.25, 0.3) is 0 Å². The molecule has 1 N–H and O–H groups in total. The van der Waals surface area contributed by atoms with E-state index in [2.05, 4.69) is 61.6 Å². The molecule has 2 rings (SSSR count). The maximum Gasteiger partial charge on any atom is 0.118 e. The second-order valence-corrected chi connectivity index (χ2v) is 5.54. The molecule has 0 bridgehead atoms. The minimum Gasteiger partial charge on any atom is -0.497 e. The molecule has 2 atom stereocenters. The molecule has 2 nitrogen and oxygen atoms in total. The molecule has 0 amide bonds. The SMILES string of the molecule is CCC(C)CNC(c1ccccc1)c1ccc(OC)cc1. The van der Waals surface area contributed by atoms with Crippen molar-refractivity contribution in [3.8, 4) is 5.75 Å². The summed E-state index contributed by atoms with van der Waals surface area (Å²) in [5.74, 6) is 1.57. The summed E-state index contributed by atoms with van der Waals surface area (Å²) in [5, 5.41) is 3.70. The van der Waals surface area contributed by atoms with E-state index in [0.717, 1.165) is 12.3 Å². The van der Waals surface area contributed by atoms with Gasteiger partial charge in [0.15, 0.2) is 0 Å². The minimum atomic E-state index is 0.228. The third-order valence-electron chi connectivity index (χ3n) is 3.95. The van der Waals surface area contributed by atoms with Gasteiger partial charge in [-0.3, -0.25) is 0 Å². The van der Waals surface area contributed by atoms with Gasteiger partial charge in [0.05, 0.1) is 13.2 Å². The van der Waals surface area contributed by atoms with Crippen molar-refractivity contribution in [2.24, 2.45) is 5.92 Å². The Bertz CT molecular complexity index is 521. The number of rotatable bonds is 7. The second kappa shape index (κ2) is 7.84. The van der Waals surface area contributed by atoms with Crippen LogP contribution in [0.3, 0.4) is 0 Å². The standard InChI is InChI=1S/C19H25NO/c1-4-15(2)14-20-19(16-8-6-5-7-9-16)17-10-12-18(21-3)13-11-17/h5-13,15,19-20H,4,14H2,1-3H3. The first-order valence-corrected chi connectivity index (χ1v) is 7.66. The van der Waals surface area contributed by atoms with Gasteiger partial charge in [0.25, 0.3) is 0 Å². The van der Waals surface area contributed by atoms with Crippen LogP contribution in [0.1, 0.15) is 37.4 Å². The predicted molar refractivity (Wildman–Crippen MR) is 88.7 cm³/mol. The lowest BCUT2D eigenvalue weighted by molar-refractivity contribution is 0.414. The van der Waals surface area contributed by atoms with Gasteiger partial charge in [0.1, 0.15) is 5.75 Å². The van der Waals surface area contributed by atoms with Crippen LogP contribution >= 0.6 is 0 Å². The van der Waals surface area contributed by atoms with E-state index in [0.29, 0.717) is 5.92 Å². The molecule has 0 heterocycles. The molecule has 0 aromatic heterocycles. The zero-order valence-corrected chi connectivity index (χ0v) is 13.2. The average Bonchev–Trinajstić information content (AvgIpc) is 2.56. The number of nitrogens with one attached hydrogen (secondary N) is 1. The molecular formula is C19H25NO. The summed E-state index contributed by atoms with van der Waals surface area (Å²) in [6.07, 6.45) is 1.19. The molecule has 0 aliphatic carbocycles. The highest BCUT2D eigenvalue weighted by atomic mass is 16.5. The van der Waals surface area contributed by atoms with Crippen LogP contribution in [0, 0.1) is 5.92 Å². The topological polar surface area (TPSA) is 21.3 Å². The average molecular weight is 283 g/mol. The minimum absolute atomic E-state index is 0.228. The van der Waals surface area contributed by atoms with Crippen molar-refractivity contribution < 1.29 is 4.74 Å². The molecule has 2 heteroatoms. The first-order valence-electron chi connectivity index (χ1n) is 7.66. The quantitative estimate of drug-likeness (QED) is 0.812. The van der Waals surface area contributed by atoms with E-state index in [9.17, 15) is 0 Å². The lowest BCUT2D eigenvalue weighted by Crippen LogP contribution is -2.27. The second-order valence-electron chi connectivity index (χ2n) is 5.54. The monoisotopic (exact) mass is 283 g/mol. The molecular weight excluding hydrogens is 258 g/mol. The van der Waals surface area contributed by atoms with Gasteiger partial charge >= 0.3 is 0 Å². The first kappa shape index (κ1) is 15.6. The summed E-state index contributed by atoms with van der Waals surface area (Å²) >= 11 is 0. The van der Waals surface area contributed by atoms with Crippen molar-refractivity contribution in [3.63, 3.8) is 0 Å². The largest absolute Gasteiger partial charge is 0.497 e. The van der Waals surface area contributed by atoms with E-state index in [1.165, 1.54) is 17.5 Å². The third-order valence-corrected chi connectivity index (χ3v) is 3.95. The highest BCUT2D eigenvalue weighted by molar-refractivity contribution is 5.35. The van der Waals surface area contributed by atoms with E-state index in [1.807, 2.05) is 12.1 Å². The van der Waals surface area contributed by atoms with Crippen molar-refractivity contribution in [2.45, 2.75) is 26.3 Å². The van der Waals surface area contributed by atoms with E-state index in [1.54, 1.807) is 7.11 Å². The van der Waals surface area contributed by atoms with Gasteiger partial charge in [0.2, 0.25) is 0 Å². The molecule has 2 aromatic rings. The lowest BCUT2D eigenvalue weighted by Gasteiger charge is -2.22. The van der Waals surface area contributed by atoms with E-state index in [-0.39, 0.29) is 6.04 Å². The van der Waals surface area contributed by atoms with Gasteiger partial charge in [-0.1, -0.05) is 62.7 Å². The van der Waals surface area contributed by atoms with Crippen molar-refractivity contribution in [2.75, 3.05) is 13.7 Å². The smallest absolute Gasteiger partial charge is 0.118 e. The molecule has 0 saturated heterocycles. The van der Waals surface area contributed by atoms with Gasteiger partial charge in [-0.25, -0.2) is 0 Å². The Morgan fingerprint density at radius 3 is 2.14 bits per heavy atom. The van der Waals surface area contributed by atoms with Gasteiger partial charge in [-0.15, -0.1) is 0 Å². The summed E-state index contributed by atoms with van der Waals surface area (Å²) in [4.78, 5) is 0. The van der Waals surface area contributed by atoms with E-state index >= 15 is 0 Å². The molecule has 0 radical (unpaired) electrons. The van der Waals surface area contributed by atoms with E-state index in [4.69, 9.17) is 4.74 Å². The Hall–Kier alpha value is -1.80. The third kappa shape index (κ3) is 4.33. The maximum atomic E-state index is 5.25. The first-order chi connectivity index (χ1) is 10.2. The Morgan fingerprint density at radius 1 is 0.952 bits per heavy atom. The van der Waals surface area contributed by atoms with Crippen LogP contribution < -0.4 is 10.1 Å².